The van der Waals surface area contributed by atoms with E-state index >= 15 is 0 Å². The molecule has 3 saturated heterocycles. The Balaban J connectivity index is 1.85. The van der Waals surface area contributed by atoms with Gasteiger partial charge in [0.1, 0.15) is 5.92 Å². The van der Waals surface area contributed by atoms with Gasteiger partial charge in [-0.2, -0.15) is 18.4 Å². The molecule has 33 heavy (non-hydrogen) atoms. The molecule has 0 N–H and O–H groups in total. The van der Waals surface area contributed by atoms with Gasteiger partial charge in [-0.1, -0.05) is 0 Å². The summed E-state index contributed by atoms with van der Waals surface area (Å²) < 4.78 is 51.7. The summed E-state index contributed by atoms with van der Waals surface area (Å²) in [7, 11) is 4.64. The maximum Gasteiger partial charge on any atom is 0.417 e. The van der Waals surface area contributed by atoms with E-state index in [2.05, 4.69) is 0 Å². The van der Waals surface area contributed by atoms with Crippen molar-refractivity contribution >= 4 is 23.5 Å². The van der Waals surface area contributed by atoms with Crippen molar-refractivity contribution in [2.45, 2.75) is 37.3 Å². The quantitative estimate of drug-likeness (QED) is 0.497. The van der Waals surface area contributed by atoms with Gasteiger partial charge < -0.3 is 14.4 Å². The molecule has 3 aliphatic rings. The fourth-order valence-electron chi connectivity index (χ4n) is 6.13. The van der Waals surface area contributed by atoms with Crippen LogP contribution in [0.15, 0.2) is 18.2 Å². The summed E-state index contributed by atoms with van der Waals surface area (Å²) >= 11 is 0. The van der Waals surface area contributed by atoms with Crippen molar-refractivity contribution in [2.75, 3.05) is 26.1 Å². The van der Waals surface area contributed by atoms with Crippen LogP contribution >= 0.6 is 0 Å². The lowest BCUT2D eigenvalue weighted by Gasteiger charge is -2.42. The van der Waals surface area contributed by atoms with E-state index in [1.165, 1.54) is 13.2 Å². The molecular weight excluding hydrogens is 443 g/mol. The van der Waals surface area contributed by atoms with Crippen molar-refractivity contribution in [1.82, 2.24) is 4.90 Å². The van der Waals surface area contributed by atoms with Crippen LogP contribution in [0.5, 0.6) is 0 Å². The largest absolute Gasteiger partial charge is 0.469 e. The molecule has 2 bridgehead atoms. The number of anilines is 1. The topological polar surface area (TPSA) is 99.9 Å². The Kier molecular flexibility index (Phi) is 4.93. The van der Waals surface area contributed by atoms with Crippen LogP contribution in [0.25, 0.3) is 0 Å². The second-order valence-corrected chi connectivity index (χ2v) is 9.19. The van der Waals surface area contributed by atoms with E-state index in [1.54, 1.807) is 32.8 Å². The van der Waals surface area contributed by atoms with Crippen molar-refractivity contribution in [1.29, 1.82) is 5.26 Å². The van der Waals surface area contributed by atoms with Gasteiger partial charge in [-0.05, 0) is 46.1 Å². The average molecular weight is 465 g/mol. The number of rotatable bonds is 3. The summed E-state index contributed by atoms with van der Waals surface area (Å²) in [5.74, 6) is -5.04. The minimum absolute atomic E-state index is 0.284. The molecule has 0 aliphatic carbocycles. The van der Waals surface area contributed by atoms with Gasteiger partial charge in [0.25, 0.3) is 0 Å². The number of nitrogens with zero attached hydrogens (tertiary/aromatic N) is 3. The van der Waals surface area contributed by atoms with Crippen molar-refractivity contribution in [3.05, 3.63) is 29.3 Å². The number of carbonyl (C=O) groups excluding carboxylic acids is 3. The normalized spacial score (nSPS) is 35.2. The molecule has 4 rings (SSSR count). The maximum absolute atomic E-state index is 13.5. The first-order valence-corrected chi connectivity index (χ1v) is 10.2. The standard InChI is InChI=1S/C22H22F3N3O5/c1-20-13-14(21(2,33-20)16(27(3)4)15(20)19(31)32-5)18(30)28(17(13)29)11-7-6-10(9-26)12(8-11)22(23,24)25/h6-8,13-16H,1-5H3/t13-,14+,15-,16+,20?,21?/m0/s1. The Bertz CT molecular complexity index is 1110. The molecule has 176 valence electrons. The van der Waals surface area contributed by atoms with E-state index in [0.29, 0.717) is 6.07 Å². The van der Waals surface area contributed by atoms with Gasteiger partial charge in [0.2, 0.25) is 11.8 Å². The molecule has 0 saturated carbocycles. The van der Waals surface area contributed by atoms with Crippen molar-refractivity contribution in [2.24, 2.45) is 17.8 Å². The minimum Gasteiger partial charge on any atom is -0.469 e. The third-order valence-corrected chi connectivity index (χ3v) is 7.20. The van der Waals surface area contributed by atoms with Gasteiger partial charge >= 0.3 is 12.1 Å². The molecule has 2 amide bonds. The van der Waals surface area contributed by atoms with Gasteiger partial charge in [0.05, 0.1) is 59.1 Å². The SMILES string of the molecule is COC(=O)[C@@H]1[C@@H](N(C)C)C2(C)OC1(C)[C@@H]1C(=O)N(c3ccc(C#N)c(C(F)(F)F)c3)C(=O)[C@@H]12. The fraction of sp³-hybridized carbons (Fsp3) is 0.545. The molecule has 3 aliphatic heterocycles. The predicted molar refractivity (Wildman–Crippen MR) is 107 cm³/mol. The average Bonchev–Trinajstić information content (AvgIpc) is 3.25. The van der Waals surface area contributed by atoms with Crippen molar-refractivity contribution in [3.8, 4) is 6.07 Å². The third kappa shape index (κ3) is 2.87. The fourth-order valence-corrected chi connectivity index (χ4v) is 6.13. The summed E-state index contributed by atoms with van der Waals surface area (Å²) in [6.07, 6.45) is -4.85. The first-order valence-electron chi connectivity index (χ1n) is 10.2. The Labute approximate surface area is 187 Å². The van der Waals surface area contributed by atoms with E-state index in [0.717, 1.165) is 17.0 Å². The van der Waals surface area contributed by atoms with Crippen LogP contribution in [0.1, 0.15) is 25.0 Å². The van der Waals surface area contributed by atoms with Gasteiger partial charge in [-0.25, -0.2) is 4.90 Å². The number of esters is 1. The van der Waals surface area contributed by atoms with Crippen LogP contribution in [0.3, 0.4) is 0 Å². The number of hydrogen-bond acceptors (Lipinski definition) is 7. The highest BCUT2D eigenvalue weighted by Crippen LogP contribution is 2.64. The number of imide groups is 1. The van der Waals surface area contributed by atoms with Gasteiger partial charge in [0, 0.05) is 0 Å². The van der Waals surface area contributed by atoms with E-state index in [4.69, 9.17) is 14.7 Å². The van der Waals surface area contributed by atoms with E-state index in [1.807, 2.05) is 0 Å². The number of carbonyl (C=O) groups is 3. The zero-order valence-corrected chi connectivity index (χ0v) is 18.6. The highest BCUT2D eigenvalue weighted by Gasteiger charge is 2.81. The lowest BCUT2D eigenvalue weighted by atomic mass is 9.61. The number of alkyl halides is 3. The molecule has 6 atom stereocenters. The van der Waals surface area contributed by atoms with Gasteiger partial charge in [0.15, 0.2) is 0 Å². The summed E-state index contributed by atoms with van der Waals surface area (Å²) in [4.78, 5) is 42.2. The summed E-state index contributed by atoms with van der Waals surface area (Å²) in [6, 6.07) is 3.56. The Hall–Kier alpha value is -2.97. The first kappa shape index (κ1) is 23.2. The number of benzene rings is 1. The van der Waals surface area contributed by atoms with Crippen LogP contribution < -0.4 is 4.90 Å². The monoisotopic (exact) mass is 465 g/mol. The first-order chi connectivity index (χ1) is 15.2. The molecule has 8 nitrogen and oxygen atoms in total. The molecular formula is C22H22F3N3O5. The van der Waals surface area contributed by atoms with Crippen LogP contribution in [0.4, 0.5) is 18.9 Å². The highest BCUT2D eigenvalue weighted by molar-refractivity contribution is 6.23. The lowest BCUT2D eigenvalue weighted by molar-refractivity contribution is -0.155. The van der Waals surface area contributed by atoms with Crippen LogP contribution in [0.2, 0.25) is 0 Å². The number of hydrogen-bond donors (Lipinski definition) is 0. The zero-order valence-electron chi connectivity index (χ0n) is 18.6. The molecule has 2 unspecified atom stereocenters. The lowest BCUT2D eigenvalue weighted by Crippen LogP contribution is -2.61. The Morgan fingerprint density at radius 3 is 2.24 bits per heavy atom. The molecule has 1 aromatic carbocycles. The second kappa shape index (κ2) is 7.01. The Morgan fingerprint density at radius 1 is 1.18 bits per heavy atom. The van der Waals surface area contributed by atoms with Crippen LogP contribution in [-0.4, -0.2) is 61.1 Å². The summed E-state index contributed by atoms with van der Waals surface area (Å²) in [5.41, 5.74) is -4.81. The number of fused-ring (bicyclic) bond motifs is 5. The third-order valence-electron chi connectivity index (χ3n) is 7.20. The number of ether oxygens (including phenoxy) is 2. The predicted octanol–water partition coefficient (Wildman–Crippen LogP) is 1.96. The maximum atomic E-state index is 13.5. The molecule has 3 heterocycles. The minimum atomic E-state index is -4.85. The van der Waals surface area contributed by atoms with E-state index in [9.17, 15) is 27.6 Å². The van der Waals surface area contributed by atoms with Crippen molar-refractivity contribution in [3.63, 3.8) is 0 Å². The zero-order chi connectivity index (χ0) is 24.7. The summed E-state index contributed by atoms with van der Waals surface area (Å²) in [5, 5.41) is 9.04. The number of amides is 2. The van der Waals surface area contributed by atoms with Gasteiger partial charge in [-0.3, -0.25) is 14.4 Å². The smallest absolute Gasteiger partial charge is 0.417 e. The molecule has 0 radical (unpaired) electrons. The molecule has 1 aromatic rings. The van der Waals surface area contributed by atoms with Crippen LogP contribution in [-0.2, 0) is 30.0 Å². The summed E-state index contributed by atoms with van der Waals surface area (Å²) in [6.45, 7) is 3.20. The molecule has 11 heteroatoms. The molecule has 3 fully saturated rings. The van der Waals surface area contributed by atoms with E-state index in [-0.39, 0.29) is 5.69 Å². The number of methoxy groups -OCH3 is 1. The second-order valence-electron chi connectivity index (χ2n) is 9.19. The number of halogens is 3. The molecule has 0 aromatic heterocycles. The molecule has 0 spiro atoms. The van der Waals surface area contributed by atoms with Crippen molar-refractivity contribution < 1.29 is 37.0 Å². The van der Waals surface area contributed by atoms with Crippen LogP contribution in [0, 0.1) is 29.1 Å². The van der Waals surface area contributed by atoms with Gasteiger partial charge in [-0.15, -0.1) is 0 Å². The number of nitriles is 1. The van der Waals surface area contributed by atoms with E-state index < -0.39 is 70.1 Å². The Morgan fingerprint density at radius 2 is 1.76 bits per heavy atom. The number of likely N-dealkylation sites (N-methyl/N-ethyl adjacent to an activating group) is 1. The highest BCUT2D eigenvalue weighted by atomic mass is 19.4.